The van der Waals surface area contributed by atoms with Crippen LogP contribution in [0.1, 0.15) is 34.6 Å². The molecule has 2 aromatic rings. The van der Waals surface area contributed by atoms with Crippen molar-refractivity contribution in [2.75, 3.05) is 24.6 Å². The maximum Gasteiger partial charge on any atom is 0.338 e. The van der Waals surface area contributed by atoms with E-state index in [0.717, 1.165) is 0 Å². The molecule has 1 N–H and O–H groups in total. The maximum atomic E-state index is 12.1. The molecular weight excluding hydrogens is 368 g/mol. The van der Waals surface area contributed by atoms with Crippen LogP contribution in [0.15, 0.2) is 48.5 Å². The van der Waals surface area contributed by atoms with Crippen LogP contribution in [0.3, 0.4) is 0 Å². The summed E-state index contributed by atoms with van der Waals surface area (Å²) in [5.41, 5.74) is 1.50. The van der Waals surface area contributed by atoms with Crippen LogP contribution in [-0.4, -0.2) is 37.5 Å². The number of rotatable bonds is 7. The normalized spacial score (nSPS) is 10.2. The fraction of sp³-hybridized carbons (Fsp3) is 0.250. The van der Waals surface area contributed by atoms with Gasteiger partial charge in [0, 0.05) is 36.3 Å². The molecule has 0 unspecified atom stereocenters. The Morgan fingerprint density at radius 3 is 2.37 bits per heavy atom. The van der Waals surface area contributed by atoms with Crippen molar-refractivity contribution < 1.29 is 19.1 Å². The molecule has 0 fully saturated rings. The monoisotopic (exact) mass is 388 g/mol. The summed E-state index contributed by atoms with van der Waals surface area (Å²) in [6, 6.07) is 13.2. The first kappa shape index (κ1) is 20.5. The number of hydrogen-bond donors (Lipinski definition) is 1. The summed E-state index contributed by atoms with van der Waals surface area (Å²) in [4.78, 5) is 37.3. The predicted molar refractivity (Wildman–Crippen MR) is 104 cm³/mol. The van der Waals surface area contributed by atoms with Crippen LogP contribution < -0.4 is 10.2 Å². The van der Waals surface area contributed by atoms with Crippen molar-refractivity contribution in [2.24, 2.45) is 0 Å². The molecule has 27 heavy (non-hydrogen) atoms. The van der Waals surface area contributed by atoms with Crippen molar-refractivity contribution >= 4 is 35.1 Å². The van der Waals surface area contributed by atoms with Crippen molar-refractivity contribution in [2.45, 2.75) is 13.8 Å². The van der Waals surface area contributed by atoms with E-state index in [9.17, 15) is 14.4 Å². The van der Waals surface area contributed by atoms with E-state index >= 15 is 0 Å². The molecule has 2 amide bonds. The van der Waals surface area contributed by atoms with E-state index in [1.165, 1.54) is 11.8 Å². The van der Waals surface area contributed by atoms with E-state index in [4.69, 9.17) is 16.3 Å². The molecule has 2 rings (SSSR count). The van der Waals surface area contributed by atoms with Gasteiger partial charge in [0.1, 0.15) is 0 Å². The van der Waals surface area contributed by atoms with Crippen LogP contribution in [0.5, 0.6) is 0 Å². The smallest absolute Gasteiger partial charge is 0.338 e. The summed E-state index contributed by atoms with van der Waals surface area (Å²) in [6.45, 7) is 4.04. The highest BCUT2D eigenvalue weighted by atomic mass is 35.5. The number of carbonyl (C=O) groups is 3. The SMILES string of the molecule is CCOC(=O)c1ccc(N(CCNC(=O)c2cccc(Cl)c2)C(C)=O)cc1. The lowest BCUT2D eigenvalue weighted by atomic mass is 10.2. The van der Waals surface area contributed by atoms with Gasteiger partial charge in [0.15, 0.2) is 0 Å². The van der Waals surface area contributed by atoms with Crippen molar-refractivity contribution in [1.82, 2.24) is 5.32 Å². The Balaban J connectivity index is 1.98. The number of amides is 2. The average molecular weight is 389 g/mol. The zero-order valence-electron chi connectivity index (χ0n) is 15.2. The Morgan fingerprint density at radius 2 is 1.78 bits per heavy atom. The molecule has 0 radical (unpaired) electrons. The number of ether oxygens (including phenoxy) is 1. The first-order chi connectivity index (χ1) is 12.9. The molecular formula is C20H21ClN2O4. The third-order valence-corrected chi connectivity index (χ3v) is 4.01. The first-order valence-corrected chi connectivity index (χ1v) is 8.89. The van der Waals surface area contributed by atoms with Crippen LogP contribution in [0.4, 0.5) is 5.69 Å². The zero-order valence-corrected chi connectivity index (χ0v) is 16.0. The molecule has 0 aliphatic heterocycles. The molecule has 0 aromatic heterocycles. The van der Waals surface area contributed by atoms with Gasteiger partial charge in [-0.1, -0.05) is 17.7 Å². The zero-order chi connectivity index (χ0) is 19.8. The molecule has 0 spiro atoms. The van der Waals surface area contributed by atoms with Crippen LogP contribution in [0.25, 0.3) is 0 Å². The number of nitrogens with one attached hydrogen (secondary N) is 1. The van der Waals surface area contributed by atoms with Gasteiger partial charge in [-0.15, -0.1) is 0 Å². The van der Waals surface area contributed by atoms with Crippen molar-refractivity contribution in [3.05, 3.63) is 64.7 Å². The maximum absolute atomic E-state index is 12.1. The molecule has 142 valence electrons. The van der Waals surface area contributed by atoms with Gasteiger partial charge < -0.3 is 15.0 Å². The van der Waals surface area contributed by atoms with E-state index in [0.29, 0.717) is 35.0 Å². The number of hydrogen-bond acceptors (Lipinski definition) is 4. The molecule has 0 aliphatic rings. The van der Waals surface area contributed by atoms with Crippen molar-refractivity contribution in [3.8, 4) is 0 Å². The van der Waals surface area contributed by atoms with Gasteiger partial charge >= 0.3 is 5.97 Å². The number of benzene rings is 2. The Kier molecular flexibility index (Phi) is 7.37. The van der Waals surface area contributed by atoms with E-state index < -0.39 is 5.97 Å². The number of carbonyl (C=O) groups excluding carboxylic acids is 3. The summed E-state index contributed by atoms with van der Waals surface area (Å²) in [7, 11) is 0. The van der Waals surface area contributed by atoms with Crippen molar-refractivity contribution in [1.29, 1.82) is 0 Å². The molecule has 0 saturated carbocycles. The standard InChI is InChI=1S/C20H21ClN2O4/c1-3-27-20(26)15-7-9-18(10-8-15)23(14(2)24)12-11-22-19(25)16-5-4-6-17(21)13-16/h4-10,13H,3,11-12H2,1-2H3,(H,22,25). The number of halogens is 1. The van der Waals surface area contributed by atoms with Crippen LogP contribution in [0.2, 0.25) is 5.02 Å². The Hall–Kier alpha value is -2.86. The Labute approximate surface area is 163 Å². The molecule has 0 atom stereocenters. The number of esters is 1. The Morgan fingerprint density at radius 1 is 1.07 bits per heavy atom. The van der Waals surface area contributed by atoms with Gasteiger partial charge in [-0.25, -0.2) is 4.79 Å². The highest BCUT2D eigenvalue weighted by Crippen LogP contribution is 2.16. The molecule has 0 heterocycles. The van der Waals surface area contributed by atoms with Crippen LogP contribution in [-0.2, 0) is 9.53 Å². The third kappa shape index (κ3) is 5.82. The van der Waals surface area contributed by atoms with E-state index in [2.05, 4.69) is 5.32 Å². The average Bonchev–Trinajstić information content (AvgIpc) is 2.65. The lowest BCUT2D eigenvalue weighted by Gasteiger charge is -2.21. The highest BCUT2D eigenvalue weighted by molar-refractivity contribution is 6.30. The summed E-state index contributed by atoms with van der Waals surface area (Å²) >= 11 is 5.88. The third-order valence-electron chi connectivity index (χ3n) is 3.78. The predicted octanol–water partition coefficient (Wildman–Crippen LogP) is 3.30. The molecule has 2 aromatic carbocycles. The van der Waals surface area contributed by atoms with E-state index in [1.54, 1.807) is 55.5 Å². The van der Waals surface area contributed by atoms with Gasteiger partial charge in [-0.2, -0.15) is 0 Å². The second-order valence-electron chi connectivity index (χ2n) is 5.70. The van der Waals surface area contributed by atoms with Crippen molar-refractivity contribution in [3.63, 3.8) is 0 Å². The summed E-state index contributed by atoms with van der Waals surface area (Å²) in [6.07, 6.45) is 0. The van der Waals surface area contributed by atoms with E-state index in [-0.39, 0.29) is 18.4 Å². The molecule has 0 saturated heterocycles. The summed E-state index contributed by atoms with van der Waals surface area (Å²) < 4.78 is 4.94. The molecule has 6 nitrogen and oxygen atoms in total. The lowest BCUT2D eigenvalue weighted by molar-refractivity contribution is -0.116. The topological polar surface area (TPSA) is 75.7 Å². The van der Waals surface area contributed by atoms with Gasteiger partial charge in [0.2, 0.25) is 5.91 Å². The second-order valence-corrected chi connectivity index (χ2v) is 6.14. The molecule has 0 aliphatic carbocycles. The molecule has 7 heteroatoms. The summed E-state index contributed by atoms with van der Waals surface area (Å²) in [5, 5.41) is 3.24. The van der Waals surface area contributed by atoms with Gasteiger partial charge in [-0.3, -0.25) is 9.59 Å². The number of nitrogens with zero attached hydrogens (tertiary/aromatic N) is 1. The molecule has 0 bridgehead atoms. The highest BCUT2D eigenvalue weighted by Gasteiger charge is 2.14. The quantitative estimate of drug-likeness (QED) is 0.738. The second kappa shape index (κ2) is 9.73. The van der Waals surface area contributed by atoms with Gasteiger partial charge in [0.05, 0.1) is 12.2 Å². The summed E-state index contributed by atoms with van der Waals surface area (Å²) in [5.74, 6) is -0.846. The first-order valence-electron chi connectivity index (χ1n) is 8.51. The van der Waals surface area contributed by atoms with Crippen LogP contribution in [0, 0.1) is 0 Å². The lowest BCUT2D eigenvalue weighted by Crippen LogP contribution is -2.37. The van der Waals surface area contributed by atoms with Gasteiger partial charge in [-0.05, 0) is 49.4 Å². The fourth-order valence-corrected chi connectivity index (χ4v) is 2.66. The van der Waals surface area contributed by atoms with Crippen LogP contribution >= 0.6 is 11.6 Å². The Bertz CT molecular complexity index is 821. The van der Waals surface area contributed by atoms with E-state index in [1.807, 2.05) is 0 Å². The van der Waals surface area contributed by atoms with Gasteiger partial charge in [0.25, 0.3) is 5.91 Å². The largest absolute Gasteiger partial charge is 0.462 e. The number of anilines is 1. The minimum atomic E-state index is -0.410. The minimum absolute atomic E-state index is 0.170. The fourth-order valence-electron chi connectivity index (χ4n) is 2.47. The minimum Gasteiger partial charge on any atom is -0.462 e.